The molecule has 0 unspecified atom stereocenters. The molecule has 0 atom stereocenters. The Morgan fingerprint density at radius 1 is 0.794 bits per heavy atom. The molecule has 0 saturated carbocycles. The lowest BCUT2D eigenvalue weighted by atomic mass is 10.0. The van der Waals surface area contributed by atoms with E-state index in [1.807, 2.05) is 88.4 Å². The number of carbonyl (C=O) groups excluding carboxylic acids is 2. The smallest absolute Gasteiger partial charge is 0.282 e. The summed E-state index contributed by atoms with van der Waals surface area (Å²) in [7, 11) is 0. The predicted octanol–water partition coefficient (Wildman–Crippen LogP) is 6.11. The van der Waals surface area contributed by atoms with Crippen LogP contribution < -0.4 is 15.0 Å². The number of ether oxygens (including phenoxy) is 1. The fraction of sp³-hybridized carbons (Fsp3) is 0.241. The molecule has 34 heavy (non-hydrogen) atoms. The Morgan fingerprint density at radius 3 is 2.15 bits per heavy atom. The van der Waals surface area contributed by atoms with Crippen molar-refractivity contribution in [2.45, 2.75) is 41.0 Å². The molecule has 5 nitrogen and oxygen atoms in total. The van der Waals surface area contributed by atoms with Crippen LogP contribution in [0.4, 0.5) is 11.4 Å². The summed E-state index contributed by atoms with van der Waals surface area (Å²) in [5.74, 6) is 0.0319. The average Bonchev–Trinajstić information content (AvgIpc) is 3.05. The quantitative estimate of drug-likeness (QED) is 0.438. The van der Waals surface area contributed by atoms with E-state index in [1.165, 1.54) is 4.90 Å². The van der Waals surface area contributed by atoms with Crippen LogP contribution in [0.3, 0.4) is 0 Å². The molecule has 5 heteroatoms. The standard InChI is InChI=1S/C29H30N2O3/c1-6-15-34-23-12-10-22(11-13-23)26-27(30-24-17-19(3)7-9-20(24)4)29(33)31(28(26)32)25-14-8-18(2)16-21(25)5/h7-14,16-17,30H,6,15H2,1-5H3. The molecule has 3 aromatic carbocycles. The van der Waals surface area contributed by atoms with Crippen LogP contribution >= 0.6 is 0 Å². The Morgan fingerprint density at radius 2 is 1.47 bits per heavy atom. The Kier molecular flexibility index (Phi) is 6.55. The summed E-state index contributed by atoms with van der Waals surface area (Å²) in [5, 5.41) is 3.29. The van der Waals surface area contributed by atoms with E-state index in [1.54, 1.807) is 0 Å². The van der Waals surface area contributed by atoms with Crippen LogP contribution in [0.2, 0.25) is 0 Å². The number of imide groups is 1. The Hall–Kier alpha value is -3.86. The van der Waals surface area contributed by atoms with Gasteiger partial charge in [0.1, 0.15) is 11.4 Å². The number of hydrogen-bond donors (Lipinski definition) is 1. The maximum absolute atomic E-state index is 13.7. The highest BCUT2D eigenvalue weighted by Gasteiger charge is 2.41. The number of carbonyl (C=O) groups is 2. The van der Waals surface area contributed by atoms with E-state index in [0.29, 0.717) is 23.4 Å². The average molecular weight is 455 g/mol. The molecule has 0 aliphatic carbocycles. The van der Waals surface area contributed by atoms with Crippen molar-refractivity contribution in [1.82, 2.24) is 0 Å². The van der Waals surface area contributed by atoms with Gasteiger partial charge in [0.15, 0.2) is 0 Å². The number of nitrogens with one attached hydrogen (secondary N) is 1. The number of anilines is 2. The second-order valence-electron chi connectivity index (χ2n) is 8.80. The number of nitrogens with zero attached hydrogens (tertiary/aromatic N) is 1. The Bertz CT molecular complexity index is 1290. The zero-order chi connectivity index (χ0) is 24.4. The molecule has 174 valence electrons. The van der Waals surface area contributed by atoms with Crippen molar-refractivity contribution in [2.24, 2.45) is 0 Å². The third-order valence-corrected chi connectivity index (χ3v) is 5.95. The van der Waals surface area contributed by atoms with Gasteiger partial charge in [0.25, 0.3) is 11.8 Å². The van der Waals surface area contributed by atoms with Gasteiger partial charge in [-0.2, -0.15) is 0 Å². The van der Waals surface area contributed by atoms with Gasteiger partial charge in [-0.15, -0.1) is 0 Å². The fourth-order valence-electron chi connectivity index (χ4n) is 4.13. The molecule has 1 heterocycles. The second-order valence-corrected chi connectivity index (χ2v) is 8.80. The first kappa shape index (κ1) is 23.3. The summed E-state index contributed by atoms with van der Waals surface area (Å²) in [4.78, 5) is 28.7. The molecule has 2 amide bonds. The van der Waals surface area contributed by atoms with Gasteiger partial charge in [-0.25, -0.2) is 4.90 Å². The fourth-order valence-corrected chi connectivity index (χ4v) is 4.13. The van der Waals surface area contributed by atoms with E-state index >= 15 is 0 Å². The lowest BCUT2D eigenvalue weighted by Gasteiger charge is -2.18. The lowest BCUT2D eigenvalue weighted by Crippen LogP contribution is -2.33. The van der Waals surface area contributed by atoms with Crippen LogP contribution in [0.1, 0.15) is 41.2 Å². The Labute approximate surface area is 201 Å². The van der Waals surface area contributed by atoms with Crippen molar-refractivity contribution in [2.75, 3.05) is 16.8 Å². The van der Waals surface area contributed by atoms with Crippen LogP contribution in [0.5, 0.6) is 5.75 Å². The van der Waals surface area contributed by atoms with Crippen molar-refractivity contribution in [3.63, 3.8) is 0 Å². The van der Waals surface area contributed by atoms with Gasteiger partial charge in [0.2, 0.25) is 0 Å². The predicted molar refractivity (Wildman–Crippen MR) is 137 cm³/mol. The summed E-state index contributed by atoms with van der Waals surface area (Å²) in [6.45, 7) is 10.6. The molecular weight excluding hydrogens is 424 g/mol. The minimum Gasteiger partial charge on any atom is -0.494 e. The van der Waals surface area contributed by atoms with E-state index in [0.717, 1.165) is 40.1 Å². The molecule has 0 radical (unpaired) electrons. The van der Waals surface area contributed by atoms with Gasteiger partial charge in [-0.3, -0.25) is 9.59 Å². The molecule has 1 aliphatic rings. The largest absolute Gasteiger partial charge is 0.494 e. The lowest BCUT2D eigenvalue weighted by molar-refractivity contribution is -0.120. The van der Waals surface area contributed by atoms with E-state index in [2.05, 4.69) is 12.2 Å². The SMILES string of the molecule is CCCOc1ccc(C2=C(Nc3cc(C)ccc3C)C(=O)N(c3ccc(C)cc3C)C2=O)cc1. The zero-order valence-electron chi connectivity index (χ0n) is 20.4. The molecule has 0 saturated heterocycles. The third kappa shape index (κ3) is 4.46. The summed E-state index contributed by atoms with van der Waals surface area (Å²) in [6.07, 6.45) is 0.911. The van der Waals surface area contributed by atoms with Gasteiger partial charge < -0.3 is 10.1 Å². The van der Waals surface area contributed by atoms with Crippen LogP contribution in [-0.2, 0) is 9.59 Å². The van der Waals surface area contributed by atoms with E-state index in [-0.39, 0.29) is 17.5 Å². The summed E-state index contributed by atoms with van der Waals surface area (Å²) >= 11 is 0. The van der Waals surface area contributed by atoms with Gasteiger partial charge >= 0.3 is 0 Å². The number of amides is 2. The van der Waals surface area contributed by atoms with Crippen molar-refractivity contribution < 1.29 is 14.3 Å². The highest BCUT2D eigenvalue weighted by molar-refractivity contribution is 6.46. The molecule has 1 aliphatic heterocycles. The first-order chi connectivity index (χ1) is 16.3. The van der Waals surface area contributed by atoms with Crippen LogP contribution in [0, 0.1) is 27.7 Å². The molecule has 0 aromatic heterocycles. The molecule has 0 fully saturated rings. The minimum atomic E-state index is -0.362. The van der Waals surface area contributed by atoms with Gasteiger partial charge in [0, 0.05) is 5.69 Å². The van der Waals surface area contributed by atoms with Gasteiger partial charge in [-0.1, -0.05) is 48.9 Å². The molecule has 4 rings (SSSR count). The number of rotatable bonds is 7. The highest BCUT2D eigenvalue weighted by Crippen LogP contribution is 2.36. The van der Waals surface area contributed by atoms with Crippen molar-refractivity contribution in [1.29, 1.82) is 0 Å². The maximum atomic E-state index is 13.7. The second kappa shape index (κ2) is 9.56. The number of hydrogen-bond acceptors (Lipinski definition) is 4. The van der Waals surface area contributed by atoms with Gasteiger partial charge in [-0.05, 0) is 80.6 Å². The van der Waals surface area contributed by atoms with E-state index in [9.17, 15) is 9.59 Å². The van der Waals surface area contributed by atoms with E-state index in [4.69, 9.17) is 4.74 Å². The maximum Gasteiger partial charge on any atom is 0.282 e. The molecule has 3 aromatic rings. The highest BCUT2D eigenvalue weighted by atomic mass is 16.5. The van der Waals surface area contributed by atoms with Crippen LogP contribution in [0.15, 0.2) is 66.4 Å². The Balaban J connectivity index is 1.81. The third-order valence-electron chi connectivity index (χ3n) is 5.95. The van der Waals surface area contributed by atoms with Crippen LogP contribution in [-0.4, -0.2) is 18.4 Å². The molecule has 0 bridgehead atoms. The van der Waals surface area contributed by atoms with E-state index < -0.39 is 0 Å². The zero-order valence-corrected chi connectivity index (χ0v) is 20.4. The number of aryl methyl sites for hydroxylation is 4. The van der Waals surface area contributed by atoms with Gasteiger partial charge in [0.05, 0.1) is 17.9 Å². The van der Waals surface area contributed by atoms with Crippen molar-refractivity contribution >= 4 is 28.8 Å². The molecular formula is C29H30N2O3. The van der Waals surface area contributed by atoms with Crippen molar-refractivity contribution in [3.05, 3.63) is 94.2 Å². The topological polar surface area (TPSA) is 58.6 Å². The number of benzene rings is 3. The minimum absolute atomic E-state index is 0.279. The monoisotopic (exact) mass is 454 g/mol. The molecule has 1 N–H and O–H groups in total. The summed E-state index contributed by atoms with van der Waals surface area (Å²) in [6, 6.07) is 19.1. The molecule has 0 spiro atoms. The summed E-state index contributed by atoms with van der Waals surface area (Å²) in [5.41, 5.74) is 6.71. The van der Waals surface area contributed by atoms with Crippen LogP contribution in [0.25, 0.3) is 5.57 Å². The van der Waals surface area contributed by atoms with Crippen molar-refractivity contribution in [3.8, 4) is 5.75 Å². The first-order valence-electron chi connectivity index (χ1n) is 11.6. The normalized spacial score (nSPS) is 13.6. The summed E-state index contributed by atoms with van der Waals surface area (Å²) < 4.78 is 5.70. The first-order valence-corrected chi connectivity index (χ1v) is 11.6.